The van der Waals surface area contributed by atoms with E-state index in [0.29, 0.717) is 11.3 Å². The number of hydrogen-bond donors (Lipinski definition) is 1. The van der Waals surface area contributed by atoms with Crippen LogP contribution >= 0.6 is 31.9 Å². The highest BCUT2D eigenvalue weighted by atomic mass is 79.9. The lowest BCUT2D eigenvalue weighted by Gasteiger charge is -2.29. The Kier molecular flexibility index (Phi) is 7.42. The molecule has 3 nitrogen and oxygen atoms in total. The average molecular weight is 550 g/mol. The maximum absolute atomic E-state index is 13.7. The summed E-state index contributed by atoms with van der Waals surface area (Å²) in [6.45, 7) is 5.63. The minimum atomic E-state index is -1.38. The Labute approximate surface area is 190 Å². The summed E-state index contributed by atoms with van der Waals surface area (Å²) in [4.78, 5) is 4.75. The Hall–Kier alpha value is -0.540. The Bertz CT molecular complexity index is 885. The van der Waals surface area contributed by atoms with Crippen molar-refractivity contribution < 1.29 is 13.3 Å². The van der Waals surface area contributed by atoms with Crippen LogP contribution in [0.1, 0.15) is 62.0 Å². The molecule has 1 heterocycles. The van der Waals surface area contributed by atoms with Crippen LogP contribution in [0.3, 0.4) is 0 Å². The Balaban J connectivity index is 2.04. The Morgan fingerprint density at radius 3 is 2.28 bits per heavy atom. The average Bonchev–Trinajstić information content (AvgIpc) is 2.62. The van der Waals surface area contributed by atoms with E-state index in [4.69, 9.17) is 4.98 Å². The normalized spacial score (nSPS) is 16.4. The molecule has 0 bridgehead atoms. The number of halogens is 4. The van der Waals surface area contributed by atoms with Crippen LogP contribution in [0.15, 0.2) is 27.3 Å². The molecule has 0 aliphatic heterocycles. The number of rotatable bonds is 5. The molecule has 0 fully saturated rings. The number of pyridine rings is 1. The zero-order chi connectivity index (χ0) is 21.3. The summed E-state index contributed by atoms with van der Waals surface area (Å²) in [5.74, 6) is -1.26. The van der Waals surface area contributed by atoms with Gasteiger partial charge in [0.25, 0.3) is 0 Å². The van der Waals surface area contributed by atoms with Crippen LogP contribution in [0.5, 0.6) is 0 Å². The molecule has 158 valence electrons. The molecular formula is C21H24Br2F2N2OS. The third-order valence-corrected chi connectivity index (χ3v) is 8.07. The van der Waals surface area contributed by atoms with E-state index < -0.39 is 33.8 Å². The maximum atomic E-state index is 13.7. The zero-order valence-electron chi connectivity index (χ0n) is 16.6. The highest BCUT2D eigenvalue weighted by molar-refractivity contribution is 9.11. The van der Waals surface area contributed by atoms with Crippen molar-refractivity contribution in [2.45, 2.75) is 63.7 Å². The van der Waals surface area contributed by atoms with Gasteiger partial charge in [-0.15, -0.1) is 4.72 Å². The van der Waals surface area contributed by atoms with E-state index in [9.17, 15) is 13.3 Å². The number of benzene rings is 1. The predicted molar refractivity (Wildman–Crippen MR) is 120 cm³/mol. The summed E-state index contributed by atoms with van der Waals surface area (Å²) in [5.41, 5.74) is 3.57. The molecule has 29 heavy (non-hydrogen) atoms. The van der Waals surface area contributed by atoms with E-state index >= 15 is 0 Å². The first kappa shape index (κ1) is 23.1. The van der Waals surface area contributed by atoms with Crippen LogP contribution in [0.25, 0.3) is 0 Å². The predicted octanol–water partition coefficient (Wildman–Crippen LogP) is 6.10. The molecule has 3 rings (SSSR count). The first-order valence-corrected chi connectivity index (χ1v) is 12.3. The van der Waals surface area contributed by atoms with E-state index in [1.165, 1.54) is 23.3 Å². The summed E-state index contributed by atoms with van der Waals surface area (Å²) in [6, 6.07) is 2.98. The molecular weight excluding hydrogens is 526 g/mol. The summed E-state index contributed by atoms with van der Waals surface area (Å²) >= 11 is 5.93. The van der Waals surface area contributed by atoms with Gasteiger partial charge in [0.2, 0.25) is 0 Å². The quantitative estimate of drug-likeness (QED) is 0.362. The molecule has 0 saturated carbocycles. The van der Waals surface area contributed by atoms with Crippen molar-refractivity contribution >= 4 is 43.2 Å². The number of hydrogen-bond acceptors (Lipinski definition) is 3. The van der Waals surface area contributed by atoms with E-state index in [-0.39, 0.29) is 6.42 Å². The van der Waals surface area contributed by atoms with Gasteiger partial charge in [-0.1, -0.05) is 0 Å². The van der Waals surface area contributed by atoms with Gasteiger partial charge in [-0.2, -0.15) is 0 Å². The first-order valence-electron chi connectivity index (χ1n) is 9.56. The van der Waals surface area contributed by atoms with Crippen molar-refractivity contribution in [2.75, 3.05) is 0 Å². The van der Waals surface area contributed by atoms with Gasteiger partial charge in [-0.3, -0.25) is 0 Å². The van der Waals surface area contributed by atoms with Crippen molar-refractivity contribution in [1.82, 2.24) is 9.71 Å². The fourth-order valence-corrected chi connectivity index (χ4v) is 5.69. The minimum Gasteiger partial charge on any atom is -0.598 e. The number of nitrogens with one attached hydrogen (secondary N) is 1. The lowest BCUT2D eigenvalue weighted by atomic mass is 9.91. The van der Waals surface area contributed by atoms with E-state index in [1.807, 2.05) is 20.8 Å². The lowest BCUT2D eigenvalue weighted by Crippen LogP contribution is -2.42. The number of nitrogens with zero attached hydrogens (tertiary/aromatic N) is 1. The van der Waals surface area contributed by atoms with Gasteiger partial charge in [0.15, 0.2) is 0 Å². The van der Waals surface area contributed by atoms with Crippen LogP contribution in [0.4, 0.5) is 8.78 Å². The maximum Gasteiger partial charge on any atom is 0.136 e. The summed E-state index contributed by atoms with van der Waals surface area (Å²) in [7, 11) is 0. The van der Waals surface area contributed by atoms with Crippen molar-refractivity contribution in [3.63, 3.8) is 0 Å². The molecule has 1 unspecified atom stereocenters. The van der Waals surface area contributed by atoms with Crippen molar-refractivity contribution in [2.24, 2.45) is 0 Å². The highest BCUT2D eigenvalue weighted by Crippen LogP contribution is 2.37. The molecule has 0 radical (unpaired) electrons. The highest BCUT2D eigenvalue weighted by Gasteiger charge is 2.33. The minimum absolute atomic E-state index is 0.257. The molecule has 2 atom stereocenters. The molecule has 1 aliphatic rings. The summed E-state index contributed by atoms with van der Waals surface area (Å²) < 4.78 is 44.7. The van der Waals surface area contributed by atoms with Crippen molar-refractivity contribution in [1.29, 1.82) is 0 Å². The monoisotopic (exact) mass is 548 g/mol. The molecule has 1 N–H and O–H groups in total. The molecule has 1 aliphatic carbocycles. The van der Waals surface area contributed by atoms with Crippen LogP contribution in [0, 0.1) is 11.6 Å². The van der Waals surface area contributed by atoms with Gasteiger partial charge < -0.3 is 4.55 Å². The largest absolute Gasteiger partial charge is 0.598 e. The third-order valence-electron chi connectivity index (χ3n) is 4.92. The molecule has 2 aromatic rings. The topological polar surface area (TPSA) is 48.0 Å². The van der Waals surface area contributed by atoms with Gasteiger partial charge in [0.1, 0.15) is 21.0 Å². The fourth-order valence-electron chi connectivity index (χ4n) is 3.45. The van der Waals surface area contributed by atoms with Gasteiger partial charge in [-0.25, -0.2) is 13.8 Å². The van der Waals surface area contributed by atoms with Crippen molar-refractivity contribution in [3.8, 4) is 0 Å². The number of fused-ring (bicyclic) bond motifs is 1. The summed E-state index contributed by atoms with van der Waals surface area (Å²) in [5, 5.41) is 0. The zero-order valence-corrected chi connectivity index (χ0v) is 20.6. The van der Waals surface area contributed by atoms with Crippen molar-refractivity contribution in [3.05, 3.63) is 61.3 Å². The third kappa shape index (κ3) is 5.58. The van der Waals surface area contributed by atoms with Crippen LogP contribution in [0.2, 0.25) is 0 Å². The standard InChI is InChI=1S/C21H24Br2F2N2OS/c1-21(2,3)29(28)27-17(10-12-8-13(24)11-14(25)9-12)19-18(22)15-6-4-5-7-16(15)20(23)26-19/h8-9,11,17,27H,4-7,10H2,1-3H3/t17?,29-/m0/s1. The molecule has 8 heteroatoms. The molecule has 0 saturated heterocycles. The van der Waals surface area contributed by atoms with Gasteiger partial charge in [0, 0.05) is 21.9 Å². The smallest absolute Gasteiger partial charge is 0.136 e. The van der Waals surface area contributed by atoms with Crippen LogP contribution in [-0.4, -0.2) is 14.3 Å². The number of aromatic nitrogens is 1. The van der Waals surface area contributed by atoms with Gasteiger partial charge in [-0.05, 0) is 114 Å². The van der Waals surface area contributed by atoms with Gasteiger partial charge in [0.05, 0.1) is 11.7 Å². The molecule has 0 amide bonds. The second-order valence-electron chi connectivity index (χ2n) is 8.30. The van der Waals surface area contributed by atoms with Crippen LogP contribution < -0.4 is 4.72 Å². The van der Waals surface area contributed by atoms with E-state index in [0.717, 1.165) is 40.8 Å². The van der Waals surface area contributed by atoms with Crippen LogP contribution in [-0.2, 0) is 30.6 Å². The summed E-state index contributed by atoms with van der Waals surface area (Å²) in [6.07, 6.45) is 4.38. The Morgan fingerprint density at radius 1 is 1.10 bits per heavy atom. The van der Waals surface area contributed by atoms with E-state index in [1.54, 1.807) is 0 Å². The molecule has 0 spiro atoms. The van der Waals surface area contributed by atoms with Gasteiger partial charge >= 0.3 is 0 Å². The molecule has 1 aromatic carbocycles. The first-order chi connectivity index (χ1) is 13.6. The van der Waals surface area contributed by atoms with E-state index in [2.05, 4.69) is 36.6 Å². The second kappa shape index (κ2) is 9.30. The lowest BCUT2D eigenvalue weighted by molar-refractivity contribution is 0.515. The Morgan fingerprint density at radius 2 is 1.69 bits per heavy atom. The SMILES string of the molecule is CC(C)(C)[S@+]([O-])NC(Cc1cc(F)cc(F)c1)c1nc(Br)c2c(c1Br)CCCC2. The fraction of sp³-hybridized carbons (Fsp3) is 0.476. The molecule has 1 aromatic heterocycles. The second-order valence-corrected chi connectivity index (χ2v) is 11.8.